The first-order chi connectivity index (χ1) is 11.0. The van der Waals surface area contributed by atoms with E-state index in [0.29, 0.717) is 5.11 Å². The summed E-state index contributed by atoms with van der Waals surface area (Å²) < 4.78 is 0. The van der Waals surface area contributed by atoms with Crippen molar-refractivity contribution in [2.45, 2.75) is 6.04 Å². The second-order valence-electron chi connectivity index (χ2n) is 5.23. The Balaban J connectivity index is 1.90. The third-order valence-electron chi connectivity index (χ3n) is 3.81. The summed E-state index contributed by atoms with van der Waals surface area (Å²) in [5, 5.41) is 24.5. The lowest BCUT2D eigenvalue weighted by atomic mass is 10.1. The molecule has 1 aromatic carbocycles. The molecular weight excluding hydrogens is 342 g/mol. The standard InChI is InChI=1S/C14H16ClN3O4S/c15-18-11(13(21)22)9-8(10(9)12(19)20)6-16-14(23)17-7-4-2-1-3-5-7/h1-5,8-11,18H,6H2,(H,19,20)(H,21,22)(H2,16,17,23). The number of hydrogen-bond acceptors (Lipinski definition) is 4. The second kappa shape index (κ2) is 7.58. The largest absolute Gasteiger partial charge is 0.481 e. The summed E-state index contributed by atoms with van der Waals surface area (Å²) in [7, 11) is 0. The van der Waals surface area contributed by atoms with Gasteiger partial charge >= 0.3 is 11.9 Å². The zero-order valence-electron chi connectivity index (χ0n) is 11.9. The van der Waals surface area contributed by atoms with E-state index >= 15 is 0 Å². The fraction of sp³-hybridized carbons (Fsp3) is 0.357. The van der Waals surface area contributed by atoms with Crippen LogP contribution in [0.15, 0.2) is 30.3 Å². The van der Waals surface area contributed by atoms with Gasteiger partial charge in [0, 0.05) is 18.2 Å². The van der Waals surface area contributed by atoms with Crippen molar-refractivity contribution in [1.82, 2.24) is 10.2 Å². The van der Waals surface area contributed by atoms with Gasteiger partial charge in [-0.25, -0.2) is 4.84 Å². The highest BCUT2D eigenvalue weighted by Crippen LogP contribution is 2.48. The van der Waals surface area contributed by atoms with Gasteiger partial charge in [0.15, 0.2) is 5.11 Å². The van der Waals surface area contributed by atoms with Crippen molar-refractivity contribution >= 4 is 46.7 Å². The number of thiocarbonyl (C=S) groups is 1. The normalized spacial score (nSPS) is 23.6. The Bertz CT molecular complexity index is 601. The minimum atomic E-state index is -1.18. The van der Waals surface area contributed by atoms with Gasteiger partial charge in [-0.1, -0.05) is 18.2 Å². The van der Waals surface area contributed by atoms with E-state index in [2.05, 4.69) is 15.5 Å². The maximum atomic E-state index is 11.2. The van der Waals surface area contributed by atoms with Crippen LogP contribution in [-0.4, -0.2) is 39.9 Å². The Morgan fingerprint density at radius 3 is 2.43 bits per heavy atom. The van der Waals surface area contributed by atoms with Gasteiger partial charge in [-0.3, -0.25) is 9.59 Å². The Morgan fingerprint density at radius 1 is 1.26 bits per heavy atom. The quantitative estimate of drug-likeness (QED) is 0.364. The van der Waals surface area contributed by atoms with Crippen molar-refractivity contribution in [3.05, 3.63) is 30.3 Å². The molecule has 0 amide bonds. The molecule has 23 heavy (non-hydrogen) atoms. The van der Waals surface area contributed by atoms with E-state index < -0.39 is 29.8 Å². The number of aliphatic carboxylic acids is 2. The molecule has 1 aliphatic rings. The Hall–Kier alpha value is -1.90. The van der Waals surface area contributed by atoms with E-state index in [9.17, 15) is 14.7 Å². The summed E-state index contributed by atoms with van der Waals surface area (Å²) in [6.07, 6.45) is 0. The first kappa shape index (κ1) is 17.5. The molecule has 0 saturated heterocycles. The smallest absolute Gasteiger partial charge is 0.322 e. The van der Waals surface area contributed by atoms with Gasteiger partial charge < -0.3 is 20.8 Å². The van der Waals surface area contributed by atoms with Crippen LogP contribution < -0.4 is 15.5 Å². The number of halogens is 1. The molecule has 1 fully saturated rings. The van der Waals surface area contributed by atoms with E-state index in [1.54, 1.807) is 0 Å². The molecule has 1 aromatic rings. The summed E-state index contributed by atoms with van der Waals surface area (Å²) in [5.74, 6) is -3.94. The number of rotatable bonds is 7. The van der Waals surface area contributed by atoms with E-state index in [-0.39, 0.29) is 12.5 Å². The average molecular weight is 358 g/mol. The Morgan fingerprint density at radius 2 is 1.91 bits per heavy atom. The van der Waals surface area contributed by atoms with E-state index in [0.717, 1.165) is 5.69 Å². The Labute approximate surface area is 143 Å². The molecule has 4 atom stereocenters. The maximum Gasteiger partial charge on any atom is 0.322 e. The predicted octanol–water partition coefficient (Wildman–Crippen LogP) is 1.12. The summed E-state index contributed by atoms with van der Waals surface area (Å²) in [6, 6.07) is 8.15. The highest BCUT2D eigenvalue weighted by molar-refractivity contribution is 7.80. The fourth-order valence-corrected chi connectivity index (χ4v) is 3.10. The summed E-state index contributed by atoms with van der Waals surface area (Å²) in [5.41, 5.74) is 0.804. The number of nitrogens with one attached hydrogen (secondary N) is 3. The van der Waals surface area contributed by atoms with Gasteiger partial charge in [0.25, 0.3) is 0 Å². The van der Waals surface area contributed by atoms with Crippen molar-refractivity contribution in [1.29, 1.82) is 0 Å². The molecule has 9 heteroatoms. The molecule has 5 N–H and O–H groups in total. The van der Waals surface area contributed by atoms with Crippen LogP contribution in [0.5, 0.6) is 0 Å². The van der Waals surface area contributed by atoms with Crippen LogP contribution >= 0.6 is 24.0 Å². The van der Waals surface area contributed by atoms with Crippen molar-refractivity contribution < 1.29 is 19.8 Å². The fourth-order valence-electron chi connectivity index (χ4n) is 2.66. The van der Waals surface area contributed by atoms with Crippen LogP contribution in [0.25, 0.3) is 0 Å². The molecule has 0 bridgehead atoms. The third kappa shape index (κ3) is 4.31. The number of para-hydroxylation sites is 1. The molecule has 4 unspecified atom stereocenters. The zero-order chi connectivity index (χ0) is 17.0. The van der Waals surface area contributed by atoms with Gasteiger partial charge in [-0.15, -0.1) is 0 Å². The molecule has 7 nitrogen and oxygen atoms in total. The minimum Gasteiger partial charge on any atom is -0.481 e. The summed E-state index contributed by atoms with van der Waals surface area (Å²) >= 11 is 10.6. The van der Waals surface area contributed by atoms with Crippen LogP contribution in [-0.2, 0) is 9.59 Å². The summed E-state index contributed by atoms with van der Waals surface area (Å²) in [6.45, 7) is 0.253. The SMILES string of the molecule is O=C(O)C(NCl)C1C(CNC(=S)Nc2ccccc2)C1C(=O)O. The van der Waals surface area contributed by atoms with E-state index in [1.165, 1.54) is 0 Å². The van der Waals surface area contributed by atoms with Crippen LogP contribution in [0.4, 0.5) is 5.69 Å². The Kier molecular flexibility index (Phi) is 5.75. The monoisotopic (exact) mass is 357 g/mol. The lowest BCUT2D eigenvalue weighted by Gasteiger charge is -2.11. The maximum absolute atomic E-state index is 11.2. The molecule has 0 aromatic heterocycles. The highest BCUT2D eigenvalue weighted by atomic mass is 35.5. The highest BCUT2D eigenvalue weighted by Gasteiger charge is 2.60. The van der Waals surface area contributed by atoms with Gasteiger partial charge in [0.1, 0.15) is 6.04 Å². The third-order valence-corrected chi connectivity index (χ3v) is 4.29. The molecule has 0 aliphatic heterocycles. The van der Waals surface area contributed by atoms with Crippen molar-refractivity contribution in [3.63, 3.8) is 0 Å². The molecule has 0 heterocycles. The molecule has 0 spiro atoms. The van der Waals surface area contributed by atoms with Gasteiger partial charge in [0.2, 0.25) is 0 Å². The molecule has 1 aliphatic carbocycles. The number of carboxylic acids is 2. The summed E-state index contributed by atoms with van der Waals surface area (Å²) in [4.78, 5) is 24.5. The van der Waals surface area contributed by atoms with Crippen LogP contribution in [0, 0.1) is 17.8 Å². The van der Waals surface area contributed by atoms with E-state index in [4.69, 9.17) is 29.1 Å². The second-order valence-corrected chi connectivity index (χ2v) is 5.86. The molecule has 2 rings (SSSR count). The first-order valence-corrected chi connectivity index (χ1v) is 7.66. The average Bonchev–Trinajstić information content (AvgIpc) is 3.21. The number of carboxylic acid groups (broad SMARTS) is 2. The minimum absolute atomic E-state index is 0.253. The predicted molar refractivity (Wildman–Crippen MR) is 89.2 cm³/mol. The van der Waals surface area contributed by atoms with Crippen LogP contribution in [0.1, 0.15) is 0 Å². The van der Waals surface area contributed by atoms with Gasteiger partial charge in [0.05, 0.1) is 5.92 Å². The topological polar surface area (TPSA) is 111 Å². The molecule has 124 valence electrons. The number of carbonyl (C=O) groups is 2. The van der Waals surface area contributed by atoms with Crippen LogP contribution in [0.3, 0.4) is 0 Å². The molecule has 0 radical (unpaired) electrons. The van der Waals surface area contributed by atoms with Crippen molar-refractivity contribution in [3.8, 4) is 0 Å². The number of benzene rings is 1. The number of hydrogen-bond donors (Lipinski definition) is 5. The van der Waals surface area contributed by atoms with Crippen LogP contribution in [0.2, 0.25) is 0 Å². The zero-order valence-corrected chi connectivity index (χ0v) is 13.5. The van der Waals surface area contributed by atoms with Crippen molar-refractivity contribution in [2.75, 3.05) is 11.9 Å². The lowest BCUT2D eigenvalue weighted by molar-refractivity contribution is -0.140. The first-order valence-electron chi connectivity index (χ1n) is 6.87. The lowest BCUT2D eigenvalue weighted by Crippen LogP contribution is -2.36. The van der Waals surface area contributed by atoms with Gasteiger partial charge in [-0.2, -0.15) is 0 Å². The molecule has 1 saturated carbocycles. The number of anilines is 1. The van der Waals surface area contributed by atoms with Crippen molar-refractivity contribution in [2.24, 2.45) is 17.8 Å². The van der Waals surface area contributed by atoms with Gasteiger partial charge in [-0.05, 0) is 42.0 Å². The molecular formula is C14H16ClN3O4S. The van der Waals surface area contributed by atoms with E-state index in [1.807, 2.05) is 30.3 Å².